The Morgan fingerprint density at radius 3 is 2.38 bits per heavy atom. The van der Waals surface area contributed by atoms with Crippen molar-refractivity contribution in [3.63, 3.8) is 0 Å². The number of aliphatic hydroxyl groups excluding tert-OH is 1. The van der Waals surface area contributed by atoms with Crippen molar-refractivity contribution < 1.29 is 18.4 Å². The molecule has 158 valence electrons. The Morgan fingerprint density at radius 2 is 1.72 bits per heavy atom. The Balaban J connectivity index is 1.93. The topological polar surface area (TPSA) is 62.0 Å². The lowest BCUT2D eigenvalue weighted by atomic mass is 10.1. The fourth-order valence-corrected chi connectivity index (χ4v) is 5.63. The number of aliphatic hydroxyl groups is 1. The number of halogens is 2. The molecule has 1 aliphatic heterocycles. The average Bonchev–Trinajstić information content (AvgIpc) is 2.69. The van der Waals surface area contributed by atoms with Crippen molar-refractivity contribution in [3.05, 3.63) is 58.1 Å². The van der Waals surface area contributed by atoms with Crippen molar-refractivity contribution >= 4 is 38.9 Å². The molecule has 0 saturated carbocycles. The van der Waals surface area contributed by atoms with Gasteiger partial charge in [0, 0.05) is 5.02 Å². The summed E-state index contributed by atoms with van der Waals surface area (Å²) in [4.78, 5) is 1.45. The van der Waals surface area contributed by atoms with E-state index in [1.54, 1.807) is 36.4 Å². The van der Waals surface area contributed by atoms with Crippen LogP contribution in [0, 0.1) is 6.92 Å². The standard InChI is InChI=1S/C21H26Cl2N2O3S/c1-16-5-8-19(9-6-16)29(27,28)25(21-13-17(22)7-10-20(21)23)15-18(26)14-24-11-3-2-4-12-24/h5-10,13,18,26H,2-4,11-12,14-15H2,1H3/p+1. The van der Waals surface area contributed by atoms with E-state index in [2.05, 4.69) is 0 Å². The first-order valence-electron chi connectivity index (χ1n) is 9.83. The lowest BCUT2D eigenvalue weighted by Crippen LogP contribution is -3.14. The van der Waals surface area contributed by atoms with Gasteiger partial charge in [-0.15, -0.1) is 0 Å². The first-order valence-corrected chi connectivity index (χ1v) is 12.0. The molecule has 0 spiro atoms. The maximum Gasteiger partial charge on any atom is 0.264 e. The molecule has 0 bridgehead atoms. The number of benzene rings is 2. The molecule has 1 fully saturated rings. The molecule has 3 rings (SSSR count). The molecule has 1 saturated heterocycles. The van der Waals surface area contributed by atoms with Crippen molar-refractivity contribution in [3.8, 4) is 0 Å². The lowest BCUT2D eigenvalue weighted by Gasteiger charge is -2.30. The summed E-state index contributed by atoms with van der Waals surface area (Å²) >= 11 is 12.5. The quantitative estimate of drug-likeness (QED) is 0.671. The molecular weight excluding hydrogens is 431 g/mol. The third-order valence-electron chi connectivity index (χ3n) is 5.25. The molecule has 1 unspecified atom stereocenters. The van der Waals surface area contributed by atoms with Crippen LogP contribution in [0.5, 0.6) is 0 Å². The summed E-state index contributed by atoms with van der Waals surface area (Å²) in [7, 11) is -3.93. The zero-order valence-electron chi connectivity index (χ0n) is 16.4. The van der Waals surface area contributed by atoms with Crippen molar-refractivity contribution in [2.45, 2.75) is 37.2 Å². The van der Waals surface area contributed by atoms with Crippen LogP contribution in [0.15, 0.2) is 47.4 Å². The molecule has 1 aliphatic rings. The van der Waals surface area contributed by atoms with Gasteiger partial charge in [-0.25, -0.2) is 8.42 Å². The van der Waals surface area contributed by atoms with Crippen molar-refractivity contribution in [1.82, 2.24) is 0 Å². The van der Waals surface area contributed by atoms with Gasteiger partial charge in [-0.05, 0) is 56.5 Å². The molecule has 1 atom stereocenters. The van der Waals surface area contributed by atoms with Crippen molar-refractivity contribution in [2.24, 2.45) is 0 Å². The van der Waals surface area contributed by atoms with E-state index >= 15 is 0 Å². The molecule has 2 aromatic rings. The number of nitrogens with one attached hydrogen (secondary N) is 1. The van der Waals surface area contributed by atoms with Crippen LogP contribution in [0.4, 0.5) is 5.69 Å². The van der Waals surface area contributed by atoms with Gasteiger partial charge in [-0.3, -0.25) is 4.31 Å². The van der Waals surface area contributed by atoms with Gasteiger partial charge in [-0.2, -0.15) is 0 Å². The SMILES string of the molecule is Cc1ccc(S(=O)(=O)N(CC(O)C[NH+]2CCCCC2)c2cc(Cl)ccc2Cl)cc1. The van der Waals surface area contributed by atoms with Gasteiger partial charge in [-0.1, -0.05) is 40.9 Å². The van der Waals surface area contributed by atoms with E-state index in [4.69, 9.17) is 23.2 Å². The molecule has 2 aromatic carbocycles. The average molecular weight is 458 g/mol. The van der Waals surface area contributed by atoms with Gasteiger partial charge in [0.1, 0.15) is 12.6 Å². The molecule has 0 aliphatic carbocycles. The normalized spacial score (nSPS) is 16.6. The summed E-state index contributed by atoms with van der Waals surface area (Å²) in [6.45, 7) is 4.31. The highest BCUT2D eigenvalue weighted by Crippen LogP contribution is 2.33. The van der Waals surface area contributed by atoms with Crippen LogP contribution >= 0.6 is 23.2 Å². The number of sulfonamides is 1. The largest absolute Gasteiger partial charge is 0.385 e. The third kappa shape index (κ3) is 5.64. The van der Waals surface area contributed by atoms with Crippen molar-refractivity contribution in [1.29, 1.82) is 0 Å². The summed E-state index contributed by atoms with van der Waals surface area (Å²) in [6.07, 6.45) is 2.66. The first kappa shape index (κ1) is 22.4. The number of aryl methyl sites for hydroxylation is 1. The molecule has 5 nitrogen and oxygen atoms in total. The van der Waals surface area contributed by atoms with Gasteiger partial charge in [0.05, 0.1) is 35.2 Å². The van der Waals surface area contributed by atoms with Crippen LogP contribution < -0.4 is 9.21 Å². The minimum absolute atomic E-state index is 0.0836. The molecule has 0 radical (unpaired) electrons. The summed E-state index contributed by atoms with van der Waals surface area (Å²) in [5.74, 6) is 0. The highest BCUT2D eigenvalue weighted by molar-refractivity contribution is 7.92. The third-order valence-corrected chi connectivity index (χ3v) is 7.60. The van der Waals surface area contributed by atoms with Gasteiger partial charge in [0.2, 0.25) is 0 Å². The van der Waals surface area contributed by atoms with Crippen LogP contribution in [-0.4, -0.2) is 45.8 Å². The number of hydrogen-bond donors (Lipinski definition) is 2. The zero-order valence-corrected chi connectivity index (χ0v) is 18.8. The van der Waals surface area contributed by atoms with Gasteiger partial charge in [0.25, 0.3) is 10.0 Å². The van der Waals surface area contributed by atoms with Crippen LogP contribution in [0.2, 0.25) is 10.0 Å². The van der Waals surface area contributed by atoms with E-state index in [9.17, 15) is 13.5 Å². The Bertz CT molecular complexity index is 929. The van der Waals surface area contributed by atoms with E-state index in [1.807, 2.05) is 6.92 Å². The minimum atomic E-state index is -3.93. The van der Waals surface area contributed by atoms with Crippen LogP contribution in [-0.2, 0) is 10.0 Å². The van der Waals surface area contributed by atoms with E-state index in [1.165, 1.54) is 21.7 Å². The fourth-order valence-electron chi connectivity index (χ4n) is 3.69. The molecular formula is C21H27Cl2N2O3S+. The Kier molecular flexibility index (Phi) is 7.46. The van der Waals surface area contributed by atoms with Crippen LogP contribution in [0.1, 0.15) is 24.8 Å². The maximum absolute atomic E-state index is 13.4. The Hall–Kier alpha value is -1.31. The second kappa shape index (κ2) is 9.67. The number of hydrogen-bond acceptors (Lipinski definition) is 3. The lowest BCUT2D eigenvalue weighted by molar-refractivity contribution is -0.907. The van der Waals surface area contributed by atoms with Crippen LogP contribution in [0.25, 0.3) is 0 Å². The summed E-state index contributed by atoms with van der Waals surface area (Å²) in [5, 5.41) is 11.4. The predicted octanol–water partition coefficient (Wildman–Crippen LogP) is 2.93. The number of rotatable bonds is 7. The first-order chi connectivity index (χ1) is 13.8. The van der Waals surface area contributed by atoms with Crippen LogP contribution in [0.3, 0.4) is 0 Å². The van der Waals surface area contributed by atoms with E-state index < -0.39 is 16.1 Å². The predicted molar refractivity (Wildman–Crippen MR) is 118 cm³/mol. The Morgan fingerprint density at radius 1 is 1.07 bits per heavy atom. The highest BCUT2D eigenvalue weighted by atomic mass is 35.5. The monoisotopic (exact) mass is 457 g/mol. The molecule has 8 heteroatoms. The smallest absolute Gasteiger partial charge is 0.264 e. The molecule has 29 heavy (non-hydrogen) atoms. The van der Waals surface area contributed by atoms with Gasteiger partial charge < -0.3 is 10.0 Å². The Labute approximate surface area is 182 Å². The minimum Gasteiger partial charge on any atom is -0.385 e. The van der Waals surface area contributed by atoms with E-state index in [0.29, 0.717) is 11.6 Å². The molecule has 0 aromatic heterocycles. The molecule has 0 amide bonds. The fraction of sp³-hybridized carbons (Fsp3) is 0.429. The summed E-state index contributed by atoms with van der Waals surface area (Å²) < 4.78 is 28.1. The second-order valence-electron chi connectivity index (χ2n) is 7.61. The maximum atomic E-state index is 13.4. The second-order valence-corrected chi connectivity index (χ2v) is 10.3. The number of likely N-dealkylation sites (tertiary alicyclic amines) is 1. The number of piperidine rings is 1. The molecule has 2 N–H and O–H groups in total. The molecule has 1 heterocycles. The number of anilines is 1. The van der Waals surface area contributed by atoms with Gasteiger partial charge in [0.15, 0.2) is 0 Å². The van der Waals surface area contributed by atoms with Crippen molar-refractivity contribution in [2.75, 3.05) is 30.5 Å². The summed E-state index contributed by atoms with van der Waals surface area (Å²) in [6, 6.07) is 11.3. The number of quaternary nitrogens is 1. The number of nitrogens with zero attached hydrogens (tertiary/aromatic N) is 1. The zero-order chi connectivity index (χ0) is 21.0. The summed E-state index contributed by atoms with van der Waals surface area (Å²) in [5.41, 5.74) is 1.23. The van der Waals surface area contributed by atoms with E-state index in [-0.39, 0.29) is 22.2 Å². The van der Waals surface area contributed by atoms with Gasteiger partial charge >= 0.3 is 0 Å². The highest BCUT2D eigenvalue weighted by Gasteiger charge is 2.30. The van der Waals surface area contributed by atoms with E-state index in [0.717, 1.165) is 31.5 Å².